The Morgan fingerprint density at radius 1 is 1.62 bits per heavy atom. The number of aliphatic hydroxyl groups excluding tert-OH is 1. The fourth-order valence-corrected chi connectivity index (χ4v) is 0.758. The van der Waals surface area contributed by atoms with Crippen LogP contribution in [0.4, 0.5) is 0 Å². The minimum absolute atomic E-state index is 0.0712. The minimum Gasteiger partial charge on any atom is -0.396 e. The fraction of sp³-hybridized carbons (Fsp3) is 1.00. The Morgan fingerprint density at radius 3 is 2.25 bits per heavy atom. The number of hydrogen-bond donors (Lipinski definition) is 1. The van der Waals surface area contributed by atoms with Crippen molar-refractivity contribution < 1.29 is 5.11 Å². The summed E-state index contributed by atoms with van der Waals surface area (Å²) in [5, 5.41) is 9.36. The molecule has 8 heavy (non-hydrogen) atoms. The first-order valence-electron chi connectivity index (χ1n) is 2.48. The second-order valence-electron chi connectivity index (χ2n) is 2.02. The molecule has 0 aliphatic rings. The summed E-state index contributed by atoms with van der Waals surface area (Å²) in [6.07, 6.45) is 0.790. The molecule has 0 amide bonds. The van der Waals surface area contributed by atoms with E-state index in [1.807, 2.05) is 6.92 Å². The third kappa shape index (κ3) is 3.87. The summed E-state index contributed by atoms with van der Waals surface area (Å²) in [6.45, 7) is 2.28. The average molecular weight is 246 g/mol. The first-order chi connectivity index (χ1) is 3.62. The van der Waals surface area contributed by atoms with E-state index >= 15 is 0 Å². The molecular formula is C5H10Br2O. The Kier molecular flexibility index (Phi) is 4.30. The molecule has 0 aromatic rings. The predicted octanol–water partition coefficient (Wildman–Crippen LogP) is 1.92. The van der Waals surface area contributed by atoms with Crippen molar-refractivity contribution in [3.63, 3.8) is 0 Å². The van der Waals surface area contributed by atoms with Gasteiger partial charge < -0.3 is 5.11 Å². The summed E-state index contributed by atoms with van der Waals surface area (Å²) < 4.78 is 0.0712. The van der Waals surface area contributed by atoms with Crippen molar-refractivity contribution in [3.8, 4) is 0 Å². The highest BCUT2D eigenvalue weighted by Crippen LogP contribution is 2.23. The largest absolute Gasteiger partial charge is 0.396 e. The highest BCUT2D eigenvalue weighted by Gasteiger charge is 2.16. The minimum atomic E-state index is 0.0712. The van der Waals surface area contributed by atoms with Crippen LogP contribution >= 0.6 is 31.9 Å². The van der Waals surface area contributed by atoms with Crippen LogP contribution < -0.4 is 0 Å². The topological polar surface area (TPSA) is 20.2 Å². The van der Waals surface area contributed by atoms with Gasteiger partial charge >= 0.3 is 0 Å². The van der Waals surface area contributed by atoms with E-state index in [9.17, 15) is 0 Å². The maximum atomic E-state index is 8.48. The first kappa shape index (κ1) is 8.92. The third-order valence-electron chi connectivity index (χ3n) is 0.912. The van der Waals surface area contributed by atoms with Gasteiger partial charge in [-0.05, 0) is 13.3 Å². The van der Waals surface area contributed by atoms with Crippen LogP contribution in [0, 0.1) is 0 Å². The molecule has 0 bridgehead atoms. The van der Waals surface area contributed by atoms with Crippen molar-refractivity contribution in [3.05, 3.63) is 0 Å². The van der Waals surface area contributed by atoms with Gasteiger partial charge in [0, 0.05) is 16.3 Å². The van der Waals surface area contributed by atoms with Crippen LogP contribution in [-0.2, 0) is 0 Å². The van der Waals surface area contributed by atoms with Crippen LogP contribution in [0.1, 0.15) is 13.3 Å². The Morgan fingerprint density at radius 2 is 2.12 bits per heavy atom. The highest BCUT2D eigenvalue weighted by atomic mass is 79.9. The van der Waals surface area contributed by atoms with Crippen molar-refractivity contribution in [1.82, 2.24) is 0 Å². The third-order valence-corrected chi connectivity index (χ3v) is 3.58. The normalized spacial score (nSPS) is 18.0. The molecule has 3 heteroatoms. The Balaban J connectivity index is 3.37. The van der Waals surface area contributed by atoms with Gasteiger partial charge in [0.1, 0.15) is 0 Å². The van der Waals surface area contributed by atoms with Crippen molar-refractivity contribution in [1.29, 1.82) is 0 Å². The zero-order valence-electron chi connectivity index (χ0n) is 4.82. The van der Waals surface area contributed by atoms with E-state index in [4.69, 9.17) is 5.11 Å². The lowest BCUT2D eigenvalue weighted by Gasteiger charge is -2.16. The van der Waals surface area contributed by atoms with Crippen LogP contribution in [0.2, 0.25) is 0 Å². The lowest BCUT2D eigenvalue weighted by atomic mass is 10.1. The molecule has 0 saturated carbocycles. The van der Waals surface area contributed by atoms with Gasteiger partial charge in [-0.3, -0.25) is 0 Å². The van der Waals surface area contributed by atoms with Gasteiger partial charge in [-0.2, -0.15) is 0 Å². The van der Waals surface area contributed by atoms with Gasteiger partial charge in [0.05, 0.1) is 0 Å². The van der Waals surface area contributed by atoms with E-state index in [2.05, 4.69) is 31.9 Å². The summed E-state index contributed by atoms with van der Waals surface area (Å²) in [4.78, 5) is 0. The van der Waals surface area contributed by atoms with Crippen molar-refractivity contribution in [2.24, 2.45) is 0 Å². The number of alkyl halides is 2. The van der Waals surface area contributed by atoms with E-state index in [0.29, 0.717) is 0 Å². The molecule has 0 aromatic carbocycles. The summed E-state index contributed by atoms with van der Waals surface area (Å²) in [6, 6.07) is 0. The standard InChI is InChI=1S/C5H10Br2O/c1-5(7,4-6)2-3-8/h8H,2-4H2,1H3. The van der Waals surface area contributed by atoms with Crippen LogP contribution in [0.5, 0.6) is 0 Å². The highest BCUT2D eigenvalue weighted by molar-refractivity contribution is 9.12. The Labute approximate surface area is 66.7 Å². The maximum Gasteiger partial charge on any atom is 0.0444 e. The molecule has 1 unspecified atom stereocenters. The molecule has 0 saturated heterocycles. The van der Waals surface area contributed by atoms with Gasteiger partial charge in [-0.15, -0.1) is 0 Å². The lowest BCUT2D eigenvalue weighted by Crippen LogP contribution is -2.18. The molecule has 0 spiro atoms. The van der Waals surface area contributed by atoms with Crippen LogP contribution in [-0.4, -0.2) is 21.4 Å². The Hall–Kier alpha value is 0.920. The second-order valence-corrected chi connectivity index (χ2v) is 4.50. The molecular weight excluding hydrogens is 236 g/mol. The van der Waals surface area contributed by atoms with Gasteiger partial charge in [0.2, 0.25) is 0 Å². The van der Waals surface area contributed by atoms with Gasteiger partial charge in [-0.1, -0.05) is 31.9 Å². The first-order valence-corrected chi connectivity index (χ1v) is 4.39. The summed E-state index contributed by atoms with van der Waals surface area (Å²) in [5.74, 6) is 0. The van der Waals surface area contributed by atoms with Crippen LogP contribution in [0.3, 0.4) is 0 Å². The summed E-state index contributed by atoms with van der Waals surface area (Å²) in [7, 11) is 0. The zero-order chi connectivity index (χ0) is 6.62. The van der Waals surface area contributed by atoms with E-state index in [-0.39, 0.29) is 10.9 Å². The summed E-state index contributed by atoms with van der Waals surface area (Å²) >= 11 is 6.75. The molecule has 0 fully saturated rings. The second kappa shape index (κ2) is 3.85. The maximum absolute atomic E-state index is 8.48. The summed E-state index contributed by atoms with van der Waals surface area (Å²) in [5.41, 5.74) is 0. The van der Waals surface area contributed by atoms with Crippen molar-refractivity contribution in [2.75, 3.05) is 11.9 Å². The SMILES string of the molecule is CC(Br)(CBr)CCO. The lowest BCUT2D eigenvalue weighted by molar-refractivity contribution is 0.277. The van der Waals surface area contributed by atoms with Crippen LogP contribution in [0.15, 0.2) is 0 Å². The predicted molar refractivity (Wildman–Crippen MR) is 42.8 cm³/mol. The quantitative estimate of drug-likeness (QED) is 0.754. The number of rotatable bonds is 3. The monoisotopic (exact) mass is 244 g/mol. The molecule has 50 valence electrons. The molecule has 1 atom stereocenters. The van der Waals surface area contributed by atoms with E-state index < -0.39 is 0 Å². The van der Waals surface area contributed by atoms with Gasteiger partial charge in [0.15, 0.2) is 0 Å². The molecule has 0 aliphatic heterocycles. The molecule has 0 aliphatic carbocycles. The van der Waals surface area contributed by atoms with Crippen molar-refractivity contribution >= 4 is 31.9 Å². The van der Waals surface area contributed by atoms with Crippen LogP contribution in [0.25, 0.3) is 0 Å². The molecule has 0 heterocycles. The smallest absolute Gasteiger partial charge is 0.0444 e. The van der Waals surface area contributed by atoms with Crippen molar-refractivity contribution in [2.45, 2.75) is 17.7 Å². The average Bonchev–Trinajstić information content (AvgIpc) is 1.67. The Bertz CT molecular complexity index is 63.4. The van der Waals surface area contributed by atoms with E-state index in [1.54, 1.807) is 0 Å². The van der Waals surface area contributed by atoms with E-state index in [1.165, 1.54) is 0 Å². The zero-order valence-corrected chi connectivity index (χ0v) is 8.00. The molecule has 0 radical (unpaired) electrons. The number of aliphatic hydroxyl groups is 1. The fourth-order valence-electron chi connectivity index (χ4n) is 0.300. The molecule has 0 rings (SSSR count). The van der Waals surface area contributed by atoms with Gasteiger partial charge in [-0.25, -0.2) is 0 Å². The van der Waals surface area contributed by atoms with E-state index in [0.717, 1.165) is 11.8 Å². The molecule has 1 N–H and O–H groups in total. The molecule has 1 nitrogen and oxygen atoms in total. The van der Waals surface area contributed by atoms with Gasteiger partial charge in [0.25, 0.3) is 0 Å². The number of halogens is 2. The molecule has 0 aromatic heterocycles. The number of hydrogen-bond acceptors (Lipinski definition) is 1.